The molecule has 1 aliphatic heterocycles. The van der Waals surface area contributed by atoms with Crippen LogP contribution >= 0.6 is 0 Å². The highest BCUT2D eigenvalue weighted by molar-refractivity contribution is 7.90. The summed E-state index contributed by atoms with van der Waals surface area (Å²) >= 11 is 0. The van der Waals surface area contributed by atoms with Gasteiger partial charge in [0.2, 0.25) is 5.91 Å². The number of benzene rings is 1. The molecule has 1 saturated carbocycles. The maximum absolute atomic E-state index is 12.9. The number of anilines is 1. The van der Waals surface area contributed by atoms with Crippen molar-refractivity contribution in [1.82, 2.24) is 10.2 Å². The van der Waals surface area contributed by atoms with Gasteiger partial charge in [0.25, 0.3) is 5.91 Å². The third kappa shape index (κ3) is 4.04. The summed E-state index contributed by atoms with van der Waals surface area (Å²) in [5, 5.41) is 5.33. The number of nitrogens with one attached hydrogen (secondary N) is 2. The number of sulfone groups is 1. The number of hydrogen-bond donors (Lipinski definition) is 2. The van der Waals surface area contributed by atoms with Gasteiger partial charge in [0.15, 0.2) is 9.84 Å². The van der Waals surface area contributed by atoms with Crippen molar-refractivity contribution in [1.29, 1.82) is 0 Å². The Morgan fingerprint density at radius 2 is 1.93 bits per heavy atom. The minimum Gasteiger partial charge on any atom is -0.324 e. The van der Waals surface area contributed by atoms with Crippen molar-refractivity contribution in [2.45, 2.75) is 49.5 Å². The average molecular weight is 407 g/mol. The first kappa shape index (κ1) is 20.3. The molecule has 3 rings (SSSR count). The van der Waals surface area contributed by atoms with Crippen molar-refractivity contribution in [3.63, 3.8) is 0 Å². The summed E-state index contributed by atoms with van der Waals surface area (Å²) in [6, 6.07) is 5.26. The van der Waals surface area contributed by atoms with Crippen molar-refractivity contribution >= 4 is 33.4 Å². The second-order valence-corrected chi connectivity index (χ2v) is 9.72. The quantitative estimate of drug-likeness (QED) is 0.724. The van der Waals surface area contributed by atoms with Crippen molar-refractivity contribution in [2.24, 2.45) is 5.92 Å². The van der Waals surface area contributed by atoms with Crippen LogP contribution in [0.15, 0.2) is 29.2 Å². The Bertz CT molecular complexity index is 908. The lowest BCUT2D eigenvalue weighted by atomic mass is 9.75. The number of rotatable bonds is 5. The molecule has 1 saturated heterocycles. The maximum atomic E-state index is 12.9. The van der Waals surface area contributed by atoms with Gasteiger partial charge in [-0.25, -0.2) is 13.2 Å². The summed E-state index contributed by atoms with van der Waals surface area (Å²) in [4.78, 5) is 38.6. The molecule has 2 fully saturated rings. The summed E-state index contributed by atoms with van der Waals surface area (Å²) in [7, 11) is -3.41. The summed E-state index contributed by atoms with van der Waals surface area (Å²) in [5.74, 6) is -0.885. The van der Waals surface area contributed by atoms with E-state index in [-0.39, 0.29) is 22.4 Å². The molecule has 1 aromatic carbocycles. The van der Waals surface area contributed by atoms with E-state index in [0.717, 1.165) is 43.3 Å². The number of amides is 4. The molecule has 1 atom stereocenters. The van der Waals surface area contributed by atoms with Crippen LogP contribution in [0.4, 0.5) is 10.5 Å². The Labute approximate surface area is 164 Å². The van der Waals surface area contributed by atoms with Crippen LogP contribution in [0.25, 0.3) is 0 Å². The van der Waals surface area contributed by atoms with Gasteiger partial charge in [0.1, 0.15) is 12.1 Å². The predicted molar refractivity (Wildman–Crippen MR) is 103 cm³/mol. The predicted octanol–water partition coefficient (Wildman–Crippen LogP) is 1.92. The van der Waals surface area contributed by atoms with Crippen LogP contribution in [-0.2, 0) is 19.4 Å². The van der Waals surface area contributed by atoms with Crippen LogP contribution in [0.1, 0.15) is 39.0 Å². The molecule has 2 N–H and O–H groups in total. The molecule has 0 aromatic heterocycles. The van der Waals surface area contributed by atoms with Crippen LogP contribution in [0.5, 0.6) is 0 Å². The van der Waals surface area contributed by atoms with Crippen molar-refractivity contribution in [3.8, 4) is 0 Å². The molecule has 4 amide bonds. The molecular weight excluding hydrogens is 382 g/mol. The van der Waals surface area contributed by atoms with Crippen LogP contribution in [0, 0.1) is 5.92 Å². The van der Waals surface area contributed by atoms with E-state index in [4.69, 9.17) is 0 Å². The molecule has 1 heterocycles. The van der Waals surface area contributed by atoms with E-state index in [2.05, 4.69) is 10.6 Å². The number of imide groups is 1. The molecule has 1 aliphatic carbocycles. The van der Waals surface area contributed by atoms with E-state index in [1.165, 1.54) is 18.2 Å². The molecule has 0 unspecified atom stereocenters. The fourth-order valence-electron chi connectivity index (χ4n) is 3.96. The number of nitrogens with zero attached hydrogens (tertiary/aromatic N) is 1. The van der Waals surface area contributed by atoms with Gasteiger partial charge in [0.05, 0.1) is 4.90 Å². The first-order valence-electron chi connectivity index (χ1n) is 9.35. The Balaban J connectivity index is 1.69. The van der Waals surface area contributed by atoms with E-state index < -0.39 is 33.9 Å². The van der Waals surface area contributed by atoms with E-state index >= 15 is 0 Å². The number of carbonyl (C=O) groups is 3. The second kappa shape index (κ2) is 7.54. The largest absolute Gasteiger partial charge is 0.325 e. The molecule has 0 spiro atoms. The monoisotopic (exact) mass is 407 g/mol. The van der Waals surface area contributed by atoms with Crippen LogP contribution in [0.3, 0.4) is 0 Å². The molecule has 9 heteroatoms. The van der Waals surface area contributed by atoms with Gasteiger partial charge in [-0.1, -0.05) is 25.3 Å². The van der Waals surface area contributed by atoms with Gasteiger partial charge in [-0.3, -0.25) is 14.5 Å². The summed E-state index contributed by atoms with van der Waals surface area (Å²) in [6.45, 7) is 1.31. The fraction of sp³-hybridized carbons (Fsp3) is 0.526. The van der Waals surface area contributed by atoms with Crippen molar-refractivity contribution in [3.05, 3.63) is 24.3 Å². The van der Waals surface area contributed by atoms with E-state index in [9.17, 15) is 22.8 Å². The average Bonchev–Trinajstić information content (AvgIpc) is 2.86. The highest BCUT2D eigenvalue weighted by Crippen LogP contribution is 2.36. The van der Waals surface area contributed by atoms with Gasteiger partial charge in [0, 0.05) is 11.9 Å². The maximum Gasteiger partial charge on any atom is 0.325 e. The fourth-order valence-corrected chi connectivity index (χ4v) is 4.63. The van der Waals surface area contributed by atoms with Crippen LogP contribution in [-0.4, -0.2) is 49.5 Å². The smallest absolute Gasteiger partial charge is 0.324 e. The van der Waals surface area contributed by atoms with Gasteiger partial charge in [-0.05, 0) is 43.9 Å². The summed E-state index contributed by atoms with van der Waals surface area (Å²) in [5.41, 5.74) is -0.691. The highest BCUT2D eigenvalue weighted by atomic mass is 32.2. The lowest BCUT2D eigenvalue weighted by molar-refractivity contribution is -0.135. The zero-order valence-electron chi connectivity index (χ0n) is 16.0. The molecule has 0 bridgehead atoms. The molecular formula is C19H25N3O5S. The summed E-state index contributed by atoms with van der Waals surface area (Å²) < 4.78 is 23.3. The van der Waals surface area contributed by atoms with E-state index in [1.54, 1.807) is 13.0 Å². The topological polar surface area (TPSA) is 113 Å². The molecule has 0 radical (unpaired) electrons. The molecule has 28 heavy (non-hydrogen) atoms. The Morgan fingerprint density at radius 1 is 1.25 bits per heavy atom. The second-order valence-electron chi connectivity index (χ2n) is 7.71. The normalized spacial score (nSPS) is 23.6. The molecule has 152 valence electrons. The van der Waals surface area contributed by atoms with Crippen LogP contribution in [0.2, 0.25) is 0 Å². The lowest BCUT2D eigenvalue weighted by Crippen LogP contribution is -2.51. The van der Waals surface area contributed by atoms with Gasteiger partial charge < -0.3 is 10.6 Å². The zero-order chi connectivity index (χ0) is 20.5. The zero-order valence-corrected chi connectivity index (χ0v) is 16.8. The van der Waals surface area contributed by atoms with Gasteiger partial charge in [-0.2, -0.15) is 0 Å². The minimum absolute atomic E-state index is 0.0669. The highest BCUT2D eigenvalue weighted by Gasteiger charge is 2.52. The number of hydrogen-bond acceptors (Lipinski definition) is 5. The SMILES string of the molecule is C[C@]1(C2CCCCC2)NC(=O)N(CC(=O)Nc2cccc(S(C)(=O)=O)c2)C1=O. The van der Waals surface area contributed by atoms with Crippen LogP contribution < -0.4 is 10.6 Å². The lowest BCUT2D eigenvalue weighted by Gasteiger charge is -2.34. The van der Waals surface area contributed by atoms with E-state index in [0.29, 0.717) is 0 Å². The van der Waals surface area contributed by atoms with E-state index in [1.807, 2.05) is 0 Å². The van der Waals surface area contributed by atoms with Crippen molar-refractivity contribution in [2.75, 3.05) is 18.1 Å². The molecule has 2 aliphatic rings. The van der Waals surface area contributed by atoms with Crippen molar-refractivity contribution < 1.29 is 22.8 Å². The first-order valence-corrected chi connectivity index (χ1v) is 11.2. The number of carbonyl (C=O) groups excluding carboxylic acids is 3. The minimum atomic E-state index is -3.41. The van der Waals surface area contributed by atoms with Gasteiger partial charge in [-0.15, -0.1) is 0 Å². The molecule has 1 aromatic rings. The molecule has 8 nitrogen and oxygen atoms in total. The Hall–Kier alpha value is -2.42. The number of urea groups is 1. The summed E-state index contributed by atoms with van der Waals surface area (Å²) in [6.07, 6.45) is 6.02. The third-order valence-electron chi connectivity index (χ3n) is 5.57. The Kier molecular flexibility index (Phi) is 5.47. The third-order valence-corrected chi connectivity index (χ3v) is 6.68. The Morgan fingerprint density at radius 3 is 2.57 bits per heavy atom. The van der Waals surface area contributed by atoms with Gasteiger partial charge >= 0.3 is 6.03 Å². The first-order chi connectivity index (χ1) is 13.1. The standard InChI is InChI=1S/C19H25N3O5S/c1-19(13-7-4-3-5-8-13)17(24)22(18(25)21-19)12-16(23)20-14-9-6-10-15(11-14)28(2,26)27/h6,9-11,13H,3-5,7-8,12H2,1-2H3,(H,20,23)(H,21,25)/t19-/m1/s1.